The molecule has 3 rings (SSSR count). The highest BCUT2D eigenvalue weighted by atomic mass is 32.2. The van der Waals surface area contributed by atoms with Crippen LogP contribution in [0.1, 0.15) is 6.92 Å². The average molecular weight is 259 g/mol. The number of hydrogen-bond donors (Lipinski definition) is 1. The molecule has 2 N–H and O–H groups in total. The van der Waals surface area contributed by atoms with Crippen LogP contribution in [0.5, 0.6) is 0 Å². The van der Waals surface area contributed by atoms with Crippen LogP contribution in [0.25, 0.3) is 10.8 Å². The van der Waals surface area contributed by atoms with Gasteiger partial charge in [-0.15, -0.1) is 0 Å². The Hall–Kier alpha value is -1.42. The fourth-order valence-corrected chi connectivity index (χ4v) is 3.55. The lowest BCUT2D eigenvalue weighted by molar-refractivity contribution is 0.702. The topological polar surface area (TPSA) is 42.1 Å². The number of pyridine rings is 1. The molecule has 1 aromatic heterocycles. The number of hydrogen-bond acceptors (Lipinski definition) is 4. The third-order valence-corrected chi connectivity index (χ3v) is 4.70. The number of fused-ring (bicyclic) bond motifs is 1. The van der Waals surface area contributed by atoms with Crippen molar-refractivity contribution in [3.05, 3.63) is 30.6 Å². The zero-order valence-electron chi connectivity index (χ0n) is 10.5. The van der Waals surface area contributed by atoms with E-state index in [2.05, 4.69) is 28.9 Å². The summed E-state index contributed by atoms with van der Waals surface area (Å²) < 4.78 is 0. The number of thioether (sulfide) groups is 1. The molecule has 0 bridgehead atoms. The first-order valence-electron chi connectivity index (χ1n) is 6.24. The number of nitrogens with zero attached hydrogens (tertiary/aromatic N) is 2. The highest BCUT2D eigenvalue weighted by Crippen LogP contribution is 2.33. The number of benzene rings is 1. The fraction of sp³-hybridized carbons (Fsp3) is 0.357. The van der Waals surface area contributed by atoms with Crippen LogP contribution in [0.2, 0.25) is 0 Å². The van der Waals surface area contributed by atoms with Crippen molar-refractivity contribution in [2.45, 2.75) is 13.0 Å². The number of aromatic nitrogens is 1. The van der Waals surface area contributed by atoms with Crippen molar-refractivity contribution >= 4 is 33.9 Å². The molecule has 2 aromatic rings. The summed E-state index contributed by atoms with van der Waals surface area (Å²) >= 11 is 2.03. The summed E-state index contributed by atoms with van der Waals surface area (Å²) in [5.74, 6) is 2.39. The normalized spacial score (nSPS) is 20.3. The molecule has 0 amide bonds. The van der Waals surface area contributed by atoms with Gasteiger partial charge in [-0.25, -0.2) is 0 Å². The number of nitrogen functional groups attached to an aromatic ring is 1. The molecule has 1 aliphatic heterocycles. The van der Waals surface area contributed by atoms with E-state index in [-0.39, 0.29) is 0 Å². The van der Waals surface area contributed by atoms with Gasteiger partial charge in [-0.3, -0.25) is 4.98 Å². The first-order valence-corrected chi connectivity index (χ1v) is 7.39. The van der Waals surface area contributed by atoms with E-state index in [0.29, 0.717) is 6.04 Å². The van der Waals surface area contributed by atoms with Gasteiger partial charge in [0.25, 0.3) is 0 Å². The van der Waals surface area contributed by atoms with E-state index < -0.39 is 0 Å². The van der Waals surface area contributed by atoms with Gasteiger partial charge >= 0.3 is 0 Å². The minimum atomic E-state index is 0.573. The molecular weight excluding hydrogens is 242 g/mol. The van der Waals surface area contributed by atoms with E-state index in [0.717, 1.165) is 17.6 Å². The van der Waals surface area contributed by atoms with Crippen LogP contribution in [0.15, 0.2) is 30.6 Å². The van der Waals surface area contributed by atoms with Gasteiger partial charge in [0, 0.05) is 58.6 Å². The Labute approximate surface area is 111 Å². The molecule has 3 nitrogen and oxygen atoms in total. The van der Waals surface area contributed by atoms with Crippen LogP contribution in [-0.2, 0) is 0 Å². The molecule has 2 heterocycles. The molecule has 0 aliphatic carbocycles. The maximum Gasteiger partial charge on any atom is 0.0451 e. The molecule has 0 saturated carbocycles. The predicted octanol–water partition coefficient (Wildman–Crippen LogP) is 2.76. The molecule has 1 unspecified atom stereocenters. The van der Waals surface area contributed by atoms with Gasteiger partial charge in [0.05, 0.1) is 0 Å². The van der Waals surface area contributed by atoms with E-state index in [9.17, 15) is 0 Å². The summed E-state index contributed by atoms with van der Waals surface area (Å²) in [4.78, 5) is 6.66. The fourth-order valence-electron chi connectivity index (χ4n) is 2.53. The minimum absolute atomic E-state index is 0.573. The second-order valence-electron chi connectivity index (χ2n) is 4.71. The minimum Gasteiger partial charge on any atom is -0.398 e. The van der Waals surface area contributed by atoms with Crippen LogP contribution in [-0.4, -0.2) is 29.1 Å². The van der Waals surface area contributed by atoms with Crippen molar-refractivity contribution in [1.29, 1.82) is 0 Å². The molecule has 1 fully saturated rings. The van der Waals surface area contributed by atoms with Crippen molar-refractivity contribution in [2.75, 3.05) is 28.7 Å². The zero-order valence-corrected chi connectivity index (χ0v) is 11.3. The Morgan fingerprint density at radius 3 is 3.06 bits per heavy atom. The van der Waals surface area contributed by atoms with Gasteiger partial charge in [-0.2, -0.15) is 11.8 Å². The van der Waals surface area contributed by atoms with Crippen molar-refractivity contribution in [3.8, 4) is 0 Å². The Balaban J connectivity index is 2.14. The number of nitrogens with two attached hydrogens (primary N) is 1. The van der Waals surface area contributed by atoms with Crippen molar-refractivity contribution < 1.29 is 0 Å². The summed E-state index contributed by atoms with van der Waals surface area (Å²) in [5, 5.41) is 2.27. The van der Waals surface area contributed by atoms with Gasteiger partial charge in [0.2, 0.25) is 0 Å². The lowest BCUT2D eigenvalue weighted by Crippen LogP contribution is -2.40. The summed E-state index contributed by atoms with van der Waals surface area (Å²) in [5.41, 5.74) is 8.12. The average Bonchev–Trinajstić information content (AvgIpc) is 2.41. The molecule has 18 heavy (non-hydrogen) atoms. The van der Waals surface area contributed by atoms with Crippen molar-refractivity contribution in [2.24, 2.45) is 0 Å². The Morgan fingerprint density at radius 1 is 1.33 bits per heavy atom. The Bertz CT molecular complexity index is 570. The van der Waals surface area contributed by atoms with Crippen molar-refractivity contribution in [1.82, 2.24) is 4.98 Å². The largest absolute Gasteiger partial charge is 0.398 e. The van der Waals surface area contributed by atoms with Crippen molar-refractivity contribution in [3.63, 3.8) is 0 Å². The Kier molecular flexibility index (Phi) is 3.04. The van der Waals surface area contributed by atoms with Crippen LogP contribution < -0.4 is 10.6 Å². The molecule has 4 heteroatoms. The quantitative estimate of drug-likeness (QED) is 0.800. The second-order valence-corrected chi connectivity index (χ2v) is 5.86. The van der Waals surface area contributed by atoms with Crippen LogP contribution in [0, 0.1) is 0 Å². The SMILES string of the molecule is CC1CSCCN1c1ccc(N)c2cnccc12. The molecule has 94 valence electrons. The molecule has 1 aliphatic rings. The third-order valence-electron chi connectivity index (χ3n) is 3.51. The molecule has 1 aromatic carbocycles. The lowest BCUT2D eigenvalue weighted by atomic mass is 10.1. The van der Waals surface area contributed by atoms with E-state index in [1.54, 1.807) is 0 Å². The standard InChI is InChI=1S/C14H17N3S/c1-10-9-18-7-6-17(10)14-3-2-13(15)12-8-16-5-4-11(12)14/h2-5,8,10H,6-7,9,15H2,1H3. The first-order chi connectivity index (χ1) is 8.77. The summed E-state index contributed by atoms with van der Waals surface area (Å²) in [7, 11) is 0. The summed E-state index contributed by atoms with van der Waals surface area (Å²) in [6.45, 7) is 3.39. The van der Waals surface area contributed by atoms with Gasteiger partial charge in [0.1, 0.15) is 0 Å². The second kappa shape index (κ2) is 4.69. The van der Waals surface area contributed by atoms with Crippen LogP contribution in [0.3, 0.4) is 0 Å². The maximum atomic E-state index is 6.03. The zero-order chi connectivity index (χ0) is 12.5. The van der Waals surface area contributed by atoms with E-state index in [1.807, 2.05) is 30.2 Å². The predicted molar refractivity (Wildman–Crippen MR) is 80.3 cm³/mol. The molecule has 0 spiro atoms. The highest BCUT2D eigenvalue weighted by molar-refractivity contribution is 7.99. The molecule has 0 radical (unpaired) electrons. The molecule has 1 saturated heterocycles. The molecule has 1 atom stereocenters. The van der Waals surface area contributed by atoms with E-state index >= 15 is 0 Å². The van der Waals surface area contributed by atoms with E-state index in [1.165, 1.54) is 22.6 Å². The third kappa shape index (κ3) is 1.90. The summed E-state index contributed by atoms with van der Waals surface area (Å²) in [6, 6.07) is 6.77. The van der Waals surface area contributed by atoms with Crippen LogP contribution in [0.4, 0.5) is 11.4 Å². The van der Waals surface area contributed by atoms with Gasteiger partial charge in [-0.05, 0) is 25.1 Å². The Morgan fingerprint density at radius 2 is 2.22 bits per heavy atom. The van der Waals surface area contributed by atoms with Crippen LogP contribution >= 0.6 is 11.8 Å². The van der Waals surface area contributed by atoms with E-state index in [4.69, 9.17) is 5.73 Å². The highest BCUT2D eigenvalue weighted by Gasteiger charge is 2.20. The number of anilines is 2. The van der Waals surface area contributed by atoms with Gasteiger partial charge < -0.3 is 10.6 Å². The smallest absolute Gasteiger partial charge is 0.0451 e. The van der Waals surface area contributed by atoms with Gasteiger partial charge in [-0.1, -0.05) is 0 Å². The summed E-state index contributed by atoms with van der Waals surface area (Å²) in [6.07, 6.45) is 3.70. The van der Waals surface area contributed by atoms with Gasteiger partial charge in [0.15, 0.2) is 0 Å². The maximum absolute atomic E-state index is 6.03. The number of rotatable bonds is 1. The molecular formula is C14H17N3S. The monoisotopic (exact) mass is 259 g/mol. The lowest BCUT2D eigenvalue weighted by Gasteiger charge is -2.35. The first kappa shape index (κ1) is 11.7.